The third-order valence-electron chi connectivity index (χ3n) is 3.07. The summed E-state index contributed by atoms with van der Waals surface area (Å²) in [6, 6.07) is 6.06. The summed E-state index contributed by atoms with van der Waals surface area (Å²) < 4.78 is 0. The first-order valence-corrected chi connectivity index (χ1v) is 6.58. The van der Waals surface area contributed by atoms with Gasteiger partial charge in [-0.05, 0) is 23.6 Å². The lowest BCUT2D eigenvalue weighted by atomic mass is 9.99. The zero-order valence-corrected chi connectivity index (χ0v) is 11.8. The van der Waals surface area contributed by atoms with Gasteiger partial charge in [0.25, 0.3) is 0 Å². The second kappa shape index (κ2) is 7.14. The van der Waals surface area contributed by atoms with Gasteiger partial charge in [0, 0.05) is 5.02 Å². The molecule has 0 bridgehead atoms. The summed E-state index contributed by atoms with van der Waals surface area (Å²) in [5, 5.41) is 12.3. The van der Waals surface area contributed by atoms with Gasteiger partial charge in [0.1, 0.15) is 6.04 Å². The molecule has 1 aromatic rings. The summed E-state index contributed by atoms with van der Waals surface area (Å²) in [6.45, 7) is 3.70. The number of halogens is 1. The number of benzene rings is 1. The maximum absolute atomic E-state index is 11.8. The Kier molecular flexibility index (Phi) is 5.83. The molecule has 0 saturated heterocycles. The molecule has 0 aromatic heterocycles. The summed E-state index contributed by atoms with van der Waals surface area (Å²) in [4.78, 5) is 22.9. The number of aliphatic carboxylic acids is 1. The van der Waals surface area contributed by atoms with E-state index < -0.39 is 12.0 Å². The molecule has 1 unspecified atom stereocenters. The number of rotatable bonds is 6. The molecule has 1 rings (SSSR count). The fourth-order valence-electron chi connectivity index (χ4n) is 1.70. The summed E-state index contributed by atoms with van der Waals surface area (Å²) in [6.07, 6.45) is 0.843. The molecule has 0 aliphatic rings. The SMILES string of the molecule is CCC(C)[C@H](NC(=O)Cc1ccc(Cl)cc1)C(=O)O. The zero-order valence-electron chi connectivity index (χ0n) is 11.0. The van der Waals surface area contributed by atoms with Crippen molar-refractivity contribution in [2.45, 2.75) is 32.7 Å². The van der Waals surface area contributed by atoms with Gasteiger partial charge in [-0.1, -0.05) is 44.0 Å². The third-order valence-corrected chi connectivity index (χ3v) is 3.33. The smallest absolute Gasteiger partial charge is 0.326 e. The van der Waals surface area contributed by atoms with E-state index in [0.29, 0.717) is 11.4 Å². The van der Waals surface area contributed by atoms with Crippen LogP contribution in [0.4, 0.5) is 0 Å². The van der Waals surface area contributed by atoms with Crippen LogP contribution >= 0.6 is 11.6 Å². The van der Waals surface area contributed by atoms with Crippen molar-refractivity contribution >= 4 is 23.5 Å². The van der Waals surface area contributed by atoms with Crippen molar-refractivity contribution in [1.82, 2.24) is 5.32 Å². The molecule has 1 amide bonds. The molecule has 19 heavy (non-hydrogen) atoms. The van der Waals surface area contributed by atoms with E-state index in [9.17, 15) is 9.59 Å². The zero-order chi connectivity index (χ0) is 14.4. The Bertz CT molecular complexity index is 445. The highest BCUT2D eigenvalue weighted by Gasteiger charge is 2.25. The Morgan fingerprint density at radius 2 is 1.89 bits per heavy atom. The van der Waals surface area contributed by atoms with Crippen LogP contribution in [0.3, 0.4) is 0 Å². The summed E-state index contributed by atoms with van der Waals surface area (Å²) in [5.74, 6) is -1.40. The van der Waals surface area contributed by atoms with Gasteiger partial charge < -0.3 is 10.4 Å². The number of carbonyl (C=O) groups is 2. The fraction of sp³-hybridized carbons (Fsp3) is 0.429. The van der Waals surface area contributed by atoms with E-state index in [1.54, 1.807) is 31.2 Å². The lowest BCUT2D eigenvalue weighted by Gasteiger charge is -2.20. The van der Waals surface area contributed by atoms with E-state index in [0.717, 1.165) is 5.56 Å². The first kappa shape index (κ1) is 15.5. The summed E-state index contributed by atoms with van der Waals surface area (Å²) >= 11 is 5.76. The number of hydrogen-bond acceptors (Lipinski definition) is 2. The highest BCUT2D eigenvalue weighted by molar-refractivity contribution is 6.30. The predicted octanol–water partition coefficient (Wildman–Crippen LogP) is 2.50. The summed E-state index contributed by atoms with van der Waals surface area (Å²) in [5.41, 5.74) is 0.801. The number of nitrogens with one attached hydrogen (secondary N) is 1. The molecule has 0 aliphatic carbocycles. The molecule has 0 saturated carbocycles. The lowest BCUT2D eigenvalue weighted by molar-refractivity contribution is -0.143. The van der Waals surface area contributed by atoms with Gasteiger partial charge in [-0.15, -0.1) is 0 Å². The number of carbonyl (C=O) groups excluding carboxylic acids is 1. The summed E-state index contributed by atoms with van der Waals surface area (Å²) in [7, 11) is 0. The number of carboxylic acid groups (broad SMARTS) is 1. The lowest BCUT2D eigenvalue weighted by Crippen LogP contribution is -2.45. The second-order valence-electron chi connectivity index (χ2n) is 4.57. The Balaban J connectivity index is 2.62. The van der Waals surface area contributed by atoms with Crippen LogP contribution in [0, 0.1) is 5.92 Å². The fourth-order valence-corrected chi connectivity index (χ4v) is 1.82. The Morgan fingerprint density at radius 1 is 1.32 bits per heavy atom. The van der Waals surface area contributed by atoms with Gasteiger partial charge in [-0.2, -0.15) is 0 Å². The van der Waals surface area contributed by atoms with E-state index in [4.69, 9.17) is 16.7 Å². The highest BCUT2D eigenvalue weighted by Crippen LogP contribution is 2.11. The largest absolute Gasteiger partial charge is 0.480 e. The average molecular weight is 284 g/mol. The molecular formula is C14H18ClNO3. The molecule has 0 spiro atoms. The molecule has 4 nitrogen and oxygen atoms in total. The highest BCUT2D eigenvalue weighted by atomic mass is 35.5. The van der Waals surface area contributed by atoms with E-state index in [-0.39, 0.29) is 18.2 Å². The van der Waals surface area contributed by atoms with Crippen LogP contribution < -0.4 is 5.32 Å². The molecule has 0 radical (unpaired) electrons. The molecule has 104 valence electrons. The van der Waals surface area contributed by atoms with Gasteiger partial charge in [-0.3, -0.25) is 4.79 Å². The van der Waals surface area contributed by atoms with Crippen LogP contribution in [0.2, 0.25) is 5.02 Å². The van der Waals surface area contributed by atoms with Gasteiger partial charge >= 0.3 is 5.97 Å². The first-order valence-electron chi connectivity index (χ1n) is 6.20. The second-order valence-corrected chi connectivity index (χ2v) is 5.01. The molecule has 2 atom stereocenters. The van der Waals surface area contributed by atoms with Crippen molar-refractivity contribution in [3.05, 3.63) is 34.9 Å². The van der Waals surface area contributed by atoms with E-state index in [1.165, 1.54) is 0 Å². The molecule has 0 fully saturated rings. The van der Waals surface area contributed by atoms with Crippen LogP contribution in [0.15, 0.2) is 24.3 Å². The van der Waals surface area contributed by atoms with Crippen molar-refractivity contribution in [3.63, 3.8) is 0 Å². The standard InChI is InChI=1S/C14H18ClNO3/c1-3-9(2)13(14(18)19)16-12(17)8-10-4-6-11(15)7-5-10/h4-7,9,13H,3,8H2,1-2H3,(H,16,17)(H,18,19)/t9?,13-/m0/s1. The monoisotopic (exact) mass is 283 g/mol. The molecule has 5 heteroatoms. The number of carboxylic acids is 1. The molecule has 0 aliphatic heterocycles. The normalized spacial score (nSPS) is 13.6. The minimum absolute atomic E-state index is 0.105. The maximum atomic E-state index is 11.8. The van der Waals surface area contributed by atoms with Crippen LogP contribution in [0.1, 0.15) is 25.8 Å². The first-order chi connectivity index (χ1) is 8.93. The maximum Gasteiger partial charge on any atom is 0.326 e. The van der Waals surface area contributed by atoms with Gasteiger partial charge in [-0.25, -0.2) is 4.79 Å². The Morgan fingerprint density at radius 3 is 2.37 bits per heavy atom. The van der Waals surface area contributed by atoms with E-state index in [1.807, 2.05) is 6.92 Å². The molecule has 1 aromatic carbocycles. The van der Waals surface area contributed by atoms with Gasteiger partial charge in [0.2, 0.25) is 5.91 Å². The number of amides is 1. The van der Waals surface area contributed by atoms with Crippen molar-refractivity contribution in [3.8, 4) is 0 Å². The van der Waals surface area contributed by atoms with Crippen molar-refractivity contribution in [2.24, 2.45) is 5.92 Å². The van der Waals surface area contributed by atoms with Crippen LogP contribution in [0.5, 0.6) is 0 Å². The van der Waals surface area contributed by atoms with E-state index >= 15 is 0 Å². The minimum atomic E-state index is -1.00. The van der Waals surface area contributed by atoms with Crippen LogP contribution in [-0.4, -0.2) is 23.0 Å². The topological polar surface area (TPSA) is 66.4 Å². The van der Waals surface area contributed by atoms with Crippen LogP contribution in [0.25, 0.3) is 0 Å². The Labute approximate surface area is 117 Å². The Hall–Kier alpha value is -1.55. The average Bonchev–Trinajstić information content (AvgIpc) is 2.37. The van der Waals surface area contributed by atoms with Crippen molar-refractivity contribution in [2.75, 3.05) is 0 Å². The molecule has 2 N–H and O–H groups in total. The third kappa shape index (κ3) is 4.91. The quantitative estimate of drug-likeness (QED) is 0.843. The van der Waals surface area contributed by atoms with E-state index in [2.05, 4.69) is 5.32 Å². The molecule has 0 heterocycles. The van der Waals surface area contributed by atoms with Crippen molar-refractivity contribution in [1.29, 1.82) is 0 Å². The molecular weight excluding hydrogens is 266 g/mol. The number of hydrogen-bond donors (Lipinski definition) is 2. The predicted molar refractivity (Wildman–Crippen MR) is 74.2 cm³/mol. The van der Waals surface area contributed by atoms with Crippen LogP contribution in [-0.2, 0) is 16.0 Å². The minimum Gasteiger partial charge on any atom is -0.480 e. The van der Waals surface area contributed by atoms with Gasteiger partial charge in [0.15, 0.2) is 0 Å². The van der Waals surface area contributed by atoms with Crippen molar-refractivity contribution < 1.29 is 14.7 Å². The van der Waals surface area contributed by atoms with Gasteiger partial charge in [0.05, 0.1) is 6.42 Å².